The predicted octanol–water partition coefficient (Wildman–Crippen LogP) is 3.55. The molecule has 2 amide bonds. The second-order valence-electron chi connectivity index (χ2n) is 4.69. The van der Waals surface area contributed by atoms with Gasteiger partial charge in [0.1, 0.15) is 4.88 Å². The number of carbonyl (C=O) groups excluding carboxylic acids is 2. The average molecular weight is 327 g/mol. The topological polar surface area (TPSA) is 84.2 Å². The van der Waals surface area contributed by atoms with E-state index in [9.17, 15) is 9.59 Å². The van der Waals surface area contributed by atoms with Crippen LogP contribution in [0.4, 0.5) is 10.8 Å². The van der Waals surface area contributed by atoms with E-state index in [2.05, 4.69) is 15.6 Å². The lowest BCUT2D eigenvalue weighted by Crippen LogP contribution is -2.11. The molecule has 0 atom stereocenters. The van der Waals surface area contributed by atoms with Crippen LogP contribution in [0.3, 0.4) is 0 Å². The van der Waals surface area contributed by atoms with Crippen molar-refractivity contribution >= 4 is 34.0 Å². The SMILES string of the molecule is Cc1nc(NC(=O)c2ccco2)sc1C(=O)Nc1ccccc1. The summed E-state index contributed by atoms with van der Waals surface area (Å²) >= 11 is 1.12. The van der Waals surface area contributed by atoms with Crippen LogP contribution in [0.5, 0.6) is 0 Å². The summed E-state index contributed by atoms with van der Waals surface area (Å²) in [7, 11) is 0. The van der Waals surface area contributed by atoms with Gasteiger partial charge in [-0.15, -0.1) is 0 Å². The number of aromatic nitrogens is 1. The van der Waals surface area contributed by atoms with Crippen molar-refractivity contribution in [3.63, 3.8) is 0 Å². The summed E-state index contributed by atoms with van der Waals surface area (Å²) in [5.41, 5.74) is 1.25. The lowest BCUT2D eigenvalue weighted by atomic mass is 10.3. The Morgan fingerprint density at radius 3 is 2.52 bits per heavy atom. The van der Waals surface area contributed by atoms with Gasteiger partial charge in [0.25, 0.3) is 11.8 Å². The van der Waals surface area contributed by atoms with Gasteiger partial charge in [-0.3, -0.25) is 14.9 Å². The molecule has 3 rings (SSSR count). The van der Waals surface area contributed by atoms with Crippen molar-refractivity contribution < 1.29 is 14.0 Å². The van der Waals surface area contributed by atoms with E-state index in [0.717, 1.165) is 11.3 Å². The third-order valence-electron chi connectivity index (χ3n) is 3.00. The van der Waals surface area contributed by atoms with Crippen LogP contribution < -0.4 is 10.6 Å². The number of aryl methyl sites for hydroxylation is 1. The number of rotatable bonds is 4. The number of para-hydroxylation sites is 1. The first kappa shape index (κ1) is 15.0. The molecule has 0 bridgehead atoms. The number of hydrogen-bond acceptors (Lipinski definition) is 5. The highest BCUT2D eigenvalue weighted by molar-refractivity contribution is 7.17. The van der Waals surface area contributed by atoms with E-state index < -0.39 is 5.91 Å². The fourth-order valence-electron chi connectivity index (χ4n) is 1.94. The molecule has 1 aromatic carbocycles. The minimum absolute atomic E-state index is 0.188. The number of hydrogen-bond donors (Lipinski definition) is 2. The fraction of sp³-hybridized carbons (Fsp3) is 0.0625. The quantitative estimate of drug-likeness (QED) is 0.767. The van der Waals surface area contributed by atoms with Gasteiger partial charge in [-0.1, -0.05) is 29.5 Å². The van der Waals surface area contributed by atoms with Crippen molar-refractivity contribution in [2.45, 2.75) is 6.92 Å². The second-order valence-corrected chi connectivity index (χ2v) is 5.68. The van der Waals surface area contributed by atoms with Crippen LogP contribution in [-0.4, -0.2) is 16.8 Å². The molecule has 2 aromatic heterocycles. The maximum atomic E-state index is 12.3. The number of furan rings is 1. The molecular formula is C16H13N3O3S. The maximum Gasteiger partial charge on any atom is 0.293 e. The van der Waals surface area contributed by atoms with Crippen LogP contribution in [0.25, 0.3) is 0 Å². The van der Waals surface area contributed by atoms with E-state index in [0.29, 0.717) is 21.4 Å². The Morgan fingerprint density at radius 1 is 1.04 bits per heavy atom. The molecule has 0 fully saturated rings. The first-order valence-corrected chi connectivity index (χ1v) is 7.64. The van der Waals surface area contributed by atoms with E-state index in [1.165, 1.54) is 6.26 Å². The van der Waals surface area contributed by atoms with E-state index in [1.54, 1.807) is 31.2 Å². The number of thiazole rings is 1. The van der Waals surface area contributed by atoms with Gasteiger partial charge in [0.15, 0.2) is 10.9 Å². The summed E-state index contributed by atoms with van der Waals surface area (Å²) in [6.07, 6.45) is 1.42. The standard InChI is InChI=1S/C16H13N3O3S/c1-10-13(15(21)18-11-6-3-2-4-7-11)23-16(17-10)19-14(20)12-8-5-9-22-12/h2-9H,1H3,(H,18,21)(H,17,19,20). The zero-order valence-corrected chi connectivity index (χ0v) is 13.0. The molecule has 2 heterocycles. The minimum Gasteiger partial charge on any atom is -0.459 e. The van der Waals surface area contributed by atoms with Gasteiger partial charge in [0, 0.05) is 5.69 Å². The van der Waals surface area contributed by atoms with E-state index in [4.69, 9.17) is 4.42 Å². The Labute approximate surface area is 136 Å². The first-order valence-electron chi connectivity index (χ1n) is 6.82. The molecule has 0 unspecified atom stereocenters. The van der Waals surface area contributed by atoms with Crippen LogP contribution in [-0.2, 0) is 0 Å². The third kappa shape index (κ3) is 3.46. The molecule has 0 saturated heterocycles. The highest BCUT2D eigenvalue weighted by Crippen LogP contribution is 2.24. The fourth-order valence-corrected chi connectivity index (χ4v) is 2.79. The number of nitrogens with one attached hydrogen (secondary N) is 2. The van der Waals surface area contributed by atoms with Crippen molar-refractivity contribution in [1.82, 2.24) is 4.98 Å². The number of benzene rings is 1. The molecule has 0 aliphatic rings. The molecule has 116 valence electrons. The summed E-state index contributed by atoms with van der Waals surface area (Å²) in [5.74, 6) is -0.475. The Hall–Kier alpha value is -2.93. The lowest BCUT2D eigenvalue weighted by Gasteiger charge is -2.02. The number of carbonyl (C=O) groups is 2. The second kappa shape index (κ2) is 6.45. The van der Waals surface area contributed by atoms with Crippen molar-refractivity contribution in [2.75, 3.05) is 10.6 Å². The lowest BCUT2D eigenvalue weighted by molar-refractivity contribution is 0.0994. The highest BCUT2D eigenvalue weighted by atomic mass is 32.1. The predicted molar refractivity (Wildman–Crippen MR) is 87.9 cm³/mol. The van der Waals surface area contributed by atoms with Crippen molar-refractivity contribution in [3.05, 3.63) is 65.1 Å². The van der Waals surface area contributed by atoms with E-state index in [1.807, 2.05) is 18.2 Å². The summed E-state index contributed by atoms with van der Waals surface area (Å²) in [6, 6.07) is 12.3. The highest BCUT2D eigenvalue weighted by Gasteiger charge is 2.18. The first-order chi connectivity index (χ1) is 11.1. The Bertz CT molecular complexity index is 826. The Kier molecular flexibility index (Phi) is 4.20. The summed E-state index contributed by atoms with van der Waals surface area (Å²) < 4.78 is 5.02. The number of amides is 2. The molecule has 0 saturated carbocycles. The monoisotopic (exact) mass is 327 g/mol. The average Bonchev–Trinajstić information content (AvgIpc) is 3.18. The molecule has 2 N–H and O–H groups in total. The van der Waals surface area contributed by atoms with Crippen LogP contribution in [0, 0.1) is 6.92 Å². The maximum absolute atomic E-state index is 12.3. The van der Waals surface area contributed by atoms with Gasteiger partial charge >= 0.3 is 0 Å². The molecule has 7 heteroatoms. The van der Waals surface area contributed by atoms with Gasteiger partial charge in [-0.05, 0) is 31.2 Å². The van der Waals surface area contributed by atoms with Crippen LogP contribution in [0.2, 0.25) is 0 Å². The molecule has 0 radical (unpaired) electrons. The largest absolute Gasteiger partial charge is 0.459 e. The molecule has 0 aliphatic carbocycles. The van der Waals surface area contributed by atoms with Crippen molar-refractivity contribution in [1.29, 1.82) is 0 Å². The van der Waals surface area contributed by atoms with Gasteiger partial charge in [-0.25, -0.2) is 4.98 Å². The van der Waals surface area contributed by atoms with Gasteiger partial charge < -0.3 is 9.73 Å². The van der Waals surface area contributed by atoms with E-state index in [-0.39, 0.29) is 11.7 Å². The van der Waals surface area contributed by atoms with Gasteiger partial charge in [0.2, 0.25) is 0 Å². The molecular weight excluding hydrogens is 314 g/mol. The summed E-state index contributed by atoms with van der Waals surface area (Å²) in [6.45, 7) is 1.72. The zero-order chi connectivity index (χ0) is 16.2. The van der Waals surface area contributed by atoms with Crippen LogP contribution in [0.15, 0.2) is 53.1 Å². The Balaban J connectivity index is 1.73. The minimum atomic E-state index is -0.404. The smallest absolute Gasteiger partial charge is 0.293 e. The molecule has 0 aliphatic heterocycles. The third-order valence-corrected chi connectivity index (χ3v) is 4.07. The van der Waals surface area contributed by atoms with E-state index >= 15 is 0 Å². The summed E-state index contributed by atoms with van der Waals surface area (Å²) in [4.78, 5) is 28.9. The number of nitrogens with zero attached hydrogens (tertiary/aromatic N) is 1. The molecule has 0 spiro atoms. The van der Waals surface area contributed by atoms with Gasteiger partial charge in [0.05, 0.1) is 12.0 Å². The number of anilines is 2. The van der Waals surface area contributed by atoms with Crippen molar-refractivity contribution in [2.24, 2.45) is 0 Å². The normalized spacial score (nSPS) is 10.3. The summed E-state index contributed by atoms with van der Waals surface area (Å²) in [5, 5.41) is 5.76. The molecule has 6 nitrogen and oxygen atoms in total. The zero-order valence-electron chi connectivity index (χ0n) is 12.2. The molecule has 3 aromatic rings. The Morgan fingerprint density at radius 2 is 1.83 bits per heavy atom. The van der Waals surface area contributed by atoms with Gasteiger partial charge in [-0.2, -0.15) is 0 Å². The van der Waals surface area contributed by atoms with Crippen molar-refractivity contribution in [3.8, 4) is 0 Å². The van der Waals surface area contributed by atoms with Crippen LogP contribution >= 0.6 is 11.3 Å². The molecule has 23 heavy (non-hydrogen) atoms. The van der Waals surface area contributed by atoms with Crippen LogP contribution in [0.1, 0.15) is 25.9 Å².